The van der Waals surface area contributed by atoms with Gasteiger partial charge in [0.1, 0.15) is 5.52 Å². The molecule has 1 aliphatic rings. The lowest BCUT2D eigenvalue weighted by Crippen LogP contribution is -2.42. The minimum absolute atomic E-state index is 0.135. The van der Waals surface area contributed by atoms with Gasteiger partial charge in [-0.2, -0.15) is 4.31 Å². The van der Waals surface area contributed by atoms with Crippen molar-refractivity contribution >= 4 is 44.5 Å². The van der Waals surface area contributed by atoms with Crippen LogP contribution >= 0.6 is 11.8 Å². The van der Waals surface area contributed by atoms with E-state index in [-0.39, 0.29) is 16.6 Å². The number of amides is 1. The third-order valence-electron chi connectivity index (χ3n) is 5.21. The minimum Gasteiger partial charge on any atom is -0.431 e. The molecule has 0 aliphatic carbocycles. The highest BCUT2D eigenvalue weighted by atomic mass is 32.2. The van der Waals surface area contributed by atoms with Gasteiger partial charge in [0.15, 0.2) is 5.58 Å². The van der Waals surface area contributed by atoms with Gasteiger partial charge in [0.2, 0.25) is 15.9 Å². The first kappa shape index (κ1) is 21.9. The van der Waals surface area contributed by atoms with Crippen molar-refractivity contribution in [3.05, 3.63) is 48.5 Å². The number of sulfonamides is 1. The molecule has 1 aliphatic heterocycles. The fourth-order valence-corrected chi connectivity index (χ4v) is 6.22. The van der Waals surface area contributed by atoms with Crippen molar-refractivity contribution in [2.45, 2.75) is 30.4 Å². The Kier molecular flexibility index (Phi) is 6.36. The summed E-state index contributed by atoms with van der Waals surface area (Å²) in [6.07, 6.45) is 1.04. The SMILES string of the molecule is C[C@H]1C[C@H](C)CN(S(=O)(=O)c2ccc(NC(=O)CSc3nc4ccccc4o3)cc2)C1. The average molecular weight is 460 g/mol. The number of carbonyl (C=O) groups is 1. The van der Waals surface area contributed by atoms with Gasteiger partial charge in [0.05, 0.1) is 10.6 Å². The summed E-state index contributed by atoms with van der Waals surface area (Å²) in [6.45, 7) is 5.24. The van der Waals surface area contributed by atoms with E-state index in [0.29, 0.717) is 41.4 Å². The lowest BCUT2D eigenvalue weighted by atomic mass is 9.94. The van der Waals surface area contributed by atoms with Crippen molar-refractivity contribution in [3.8, 4) is 0 Å². The smallest absolute Gasteiger partial charge is 0.257 e. The molecule has 31 heavy (non-hydrogen) atoms. The van der Waals surface area contributed by atoms with E-state index < -0.39 is 10.0 Å². The van der Waals surface area contributed by atoms with Crippen LogP contribution in [0, 0.1) is 11.8 Å². The summed E-state index contributed by atoms with van der Waals surface area (Å²) in [4.78, 5) is 16.8. The highest BCUT2D eigenvalue weighted by molar-refractivity contribution is 7.99. The molecule has 2 aromatic carbocycles. The van der Waals surface area contributed by atoms with Crippen LogP contribution in [0.15, 0.2) is 63.1 Å². The Hall–Kier alpha value is -2.36. The van der Waals surface area contributed by atoms with Crippen molar-refractivity contribution in [1.82, 2.24) is 9.29 Å². The number of piperidine rings is 1. The normalized spacial score (nSPS) is 20.1. The number of fused-ring (bicyclic) bond motifs is 1. The molecule has 1 amide bonds. The molecule has 4 rings (SSSR count). The number of nitrogens with one attached hydrogen (secondary N) is 1. The number of benzene rings is 2. The Balaban J connectivity index is 1.36. The Morgan fingerprint density at radius 2 is 1.81 bits per heavy atom. The zero-order chi connectivity index (χ0) is 22.0. The van der Waals surface area contributed by atoms with Crippen LogP contribution in [-0.4, -0.2) is 42.5 Å². The maximum absolute atomic E-state index is 13.0. The highest BCUT2D eigenvalue weighted by Gasteiger charge is 2.31. The number of para-hydroxylation sites is 2. The molecular weight excluding hydrogens is 434 g/mol. The molecule has 1 aromatic heterocycles. The summed E-state index contributed by atoms with van der Waals surface area (Å²) in [7, 11) is -3.54. The number of oxazole rings is 1. The van der Waals surface area contributed by atoms with Gasteiger partial charge >= 0.3 is 0 Å². The van der Waals surface area contributed by atoms with Crippen LogP contribution in [0.5, 0.6) is 0 Å². The zero-order valence-electron chi connectivity index (χ0n) is 17.4. The van der Waals surface area contributed by atoms with Crippen molar-refractivity contribution in [3.63, 3.8) is 0 Å². The predicted octanol–water partition coefficient (Wildman–Crippen LogP) is 4.23. The van der Waals surface area contributed by atoms with E-state index in [1.54, 1.807) is 28.6 Å². The van der Waals surface area contributed by atoms with E-state index in [1.165, 1.54) is 11.8 Å². The second-order valence-electron chi connectivity index (χ2n) is 8.08. The molecule has 0 spiro atoms. The van der Waals surface area contributed by atoms with Crippen LogP contribution in [0.1, 0.15) is 20.3 Å². The Morgan fingerprint density at radius 3 is 2.48 bits per heavy atom. The second-order valence-corrected chi connectivity index (χ2v) is 10.9. The fraction of sp³-hybridized carbons (Fsp3) is 0.364. The first-order valence-corrected chi connectivity index (χ1v) is 12.6. The van der Waals surface area contributed by atoms with Gasteiger partial charge in [-0.25, -0.2) is 13.4 Å². The highest BCUT2D eigenvalue weighted by Crippen LogP contribution is 2.27. The number of anilines is 1. The molecule has 1 N–H and O–H groups in total. The molecule has 2 heterocycles. The van der Waals surface area contributed by atoms with Crippen LogP contribution in [0.25, 0.3) is 11.1 Å². The van der Waals surface area contributed by atoms with Crippen LogP contribution < -0.4 is 5.32 Å². The molecule has 164 valence electrons. The Bertz CT molecular complexity index is 1130. The van der Waals surface area contributed by atoms with Crippen molar-refractivity contribution in [2.75, 3.05) is 24.2 Å². The van der Waals surface area contributed by atoms with Gasteiger partial charge in [0, 0.05) is 18.8 Å². The predicted molar refractivity (Wildman–Crippen MR) is 122 cm³/mol. The topological polar surface area (TPSA) is 92.5 Å². The molecule has 9 heteroatoms. The van der Waals surface area contributed by atoms with Gasteiger partial charge in [-0.05, 0) is 54.7 Å². The van der Waals surface area contributed by atoms with Crippen LogP contribution in [0.4, 0.5) is 5.69 Å². The summed E-state index contributed by atoms with van der Waals surface area (Å²) in [5.41, 5.74) is 1.97. The van der Waals surface area contributed by atoms with Crippen molar-refractivity contribution in [1.29, 1.82) is 0 Å². The summed E-state index contributed by atoms with van der Waals surface area (Å²) in [6, 6.07) is 13.7. The molecule has 0 unspecified atom stereocenters. The van der Waals surface area contributed by atoms with Crippen LogP contribution in [0.2, 0.25) is 0 Å². The maximum atomic E-state index is 13.0. The average Bonchev–Trinajstić information content (AvgIpc) is 3.15. The van der Waals surface area contributed by atoms with E-state index in [4.69, 9.17) is 4.42 Å². The van der Waals surface area contributed by atoms with E-state index in [9.17, 15) is 13.2 Å². The quantitative estimate of drug-likeness (QED) is 0.555. The standard InChI is InChI=1S/C22H25N3O4S2/c1-15-11-16(2)13-25(12-15)31(27,28)18-9-7-17(8-10-18)23-21(26)14-30-22-24-19-5-3-4-6-20(19)29-22/h3-10,15-16H,11-14H2,1-2H3,(H,23,26)/t15-,16-/m0/s1. The van der Waals surface area contributed by atoms with Crippen molar-refractivity contribution in [2.24, 2.45) is 11.8 Å². The lowest BCUT2D eigenvalue weighted by Gasteiger charge is -2.34. The van der Waals surface area contributed by atoms with Gasteiger partial charge in [-0.3, -0.25) is 4.79 Å². The molecule has 1 fully saturated rings. The Labute approximate surface area is 186 Å². The molecule has 2 atom stereocenters. The summed E-state index contributed by atoms with van der Waals surface area (Å²) in [5, 5.41) is 3.21. The molecular formula is C22H25N3O4S2. The molecule has 3 aromatic rings. The third-order valence-corrected chi connectivity index (χ3v) is 7.89. The number of nitrogens with zero attached hydrogens (tertiary/aromatic N) is 2. The van der Waals surface area contributed by atoms with Gasteiger partial charge in [0.25, 0.3) is 5.22 Å². The second kappa shape index (κ2) is 9.02. The molecule has 7 nitrogen and oxygen atoms in total. The number of thioether (sulfide) groups is 1. The number of rotatable bonds is 6. The third kappa shape index (κ3) is 5.11. The van der Waals surface area contributed by atoms with E-state index in [1.807, 2.05) is 24.3 Å². The lowest BCUT2D eigenvalue weighted by molar-refractivity contribution is -0.113. The van der Waals surface area contributed by atoms with Crippen LogP contribution in [-0.2, 0) is 14.8 Å². The number of aromatic nitrogens is 1. The Morgan fingerprint density at radius 1 is 1.13 bits per heavy atom. The molecule has 0 bridgehead atoms. The largest absolute Gasteiger partial charge is 0.431 e. The fourth-order valence-electron chi connectivity index (χ4n) is 3.90. The zero-order valence-corrected chi connectivity index (χ0v) is 19.1. The van der Waals surface area contributed by atoms with Gasteiger partial charge in [-0.1, -0.05) is 37.7 Å². The molecule has 1 saturated heterocycles. The van der Waals surface area contributed by atoms with Gasteiger partial charge < -0.3 is 9.73 Å². The van der Waals surface area contributed by atoms with E-state index in [2.05, 4.69) is 24.1 Å². The number of carbonyl (C=O) groups excluding carboxylic acids is 1. The van der Waals surface area contributed by atoms with Gasteiger partial charge in [-0.15, -0.1) is 0 Å². The first-order chi connectivity index (χ1) is 14.8. The maximum Gasteiger partial charge on any atom is 0.257 e. The van der Waals surface area contributed by atoms with E-state index in [0.717, 1.165) is 11.9 Å². The monoisotopic (exact) mass is 459 g/mol. The van der Waals surface area contributed by atoms with Crippen LogP contribution in [0.3, 0.4) is 0 Å². The number of hydrogen-bond acceptors (Lipinski definition) is 6. The molecule has 0 radical (unpaired) electrons. The number of hydrogen-bond donors (Lipinski definition) is 1. The molecule has 0 saturated carbocycles. The summed E-state index contributed by atoms with van der Waals surface area (Å²) < 4.78 is 33.1. The summed E-state index contributed by atoms with van der Waals surface area (Å²) in [5.74, 6) is 0.601. The van der Waals surface area contributed by atoms with Crippen molar-refractivity contribution < 1.29 is 17.6 Å². The van der Waals surface area contributed by atoms with E-state index >= 15 is 0 Å². The summed E-state index contributed by atoms with van der Waals surface area (Å²) >= 11 is 1.21. The first-order valence-electron chi connectivity index (χ1n) is 10.2. The minimum atomic E-state index is -3.54.